The Bertz CT molecular complexity index is 377. The average Bonchev–Trinajstić information content (AvgIpc) is 2.51. The number of amides is 3. The van der Waals surface area contributed by atoms with Crippen LogP contribution in [-0.4, -0.2) is 34.6 Å². The molecule has 2 rings (SSSR count). The van der Waals surface area contributed by atoms with E-state index in [0.29, 0.717) is 12.8 Å². The van der Waals surface area contributed by atoms with E-state index >= 15 is 0 Å². The van der Waals surface area contributed by atoms with Gasteiger partial charge in [-0.1, -0.05) is 19.3 Å². The second-order valence-corrected chi connectivity index (χ2v) is 5.02. The summed E-state index contributed by atoms with van der Waals surface area (Å²) in [7, 11) is 0. The van der Waals surface area contributed by atoms with E-state index in [-0.39, 0.29) is 0 Å². The maximum absolute atomic E-state index is 12.8. The van der Waals surface area contributed by atoms with Gasteiger partial charge in [0.15, 0.2) is 0 Å². The summed E-state index contributed by atoms with van der Waals surface area (Å²) < 4.78 is 38.5. The molecule has 2 aliphatic rings. The minimum Gasteiger partial charge on any atom is -0.316 e. The van der Waals surface area contributed by atoms with E-state index < -0.39 is 29.7 Å². The summed E-state index contributed by atoms with van der Waals surface area (Å²) in [6.45, 7) is 0.718. The normalized spacial score (nSPS) is 30.8. The molecule has 0 aromatic rings. The highest BCUT2D eigenvalue weighted by atomic mass is 19.4. The number of alkyl halides is 3. The van der Waals surface area contributed by atoms with E-state index in [2.05, 4.69) is 0 Å². The number of hydrogen-bond donors (Lipinski definition) is 1. The third-order valence-electron chi connectivity index (χ3n) is 3.73. The van der Waals surface area contributed by atoms with E-state index in [1.54, 1.807) is 5.32 Å². The van der Waals surface area contributed by atoms with Gasteiger partial charge in [-0.3, -0.25) is 9.69 Å². The van der Waals surface area contributed by atoms with Gasteiger partial charge >= 0.3 is 12.2 Å². The van der Waals surface area contributed by atoms with Crippen molar-refractivity contribution in [3.05, 3.63) is 0 Å². The Labute approximate surface area is 103 Å². The standard InChI is InChI=1S/C11H15F3N2O2/c1-10(11(12,13)14)8(17)16(9(18)15-10)7-5-3-2-4-6-7/h7H,2-6H2,1H3,(H,15,18). The van der Waals surface area contributed by atoms with Crippen LogP contribution in [0.2, 0.25) is 0 Å². The van der Waals surface area contributed by atoms with Crippen molar-refractivity contribution in [2.75, 3.05) is 0 Å². The third kappa shape index (κ3) is 1.85. The molecule has 1 heterocycles. The zero-order chi connectivity index (χ0) is 13.6. The predicted octanol–water partition coefficient (Wildman–Crippen LogP) is 2.19. The molecule has 0 bridgehead atoms. The van der Waals surface area contributed by atoms with Gasteiger partial charge in [0, 0.05) is 6.04 Å². The second-order valence-electron chi connectivity index (χ2n) is 5.02. The number of hydrogen-bond acceptors (Lipinski definition) is 2. The van der Waals surface area contributed by atoms with Crippen LogP contribution in [0.15, 0.2) is 0 Å². The number of carbonyl (C=O) groups is 2. The highest BCUT2D eigenvalue weighted by Gasteiger charge is 2.65. The van der Waals surface area contributed by atoms with Gasteiger partial charge in [0.05, 0.1) is 0 Å². The van der Waals surface area contributed by atoms with E-state index in [0.717, 1.165) is 31.1 Å². The SMILES string of the molecule is CC1(C(F)(F)F)NC(=O)N(C2CCCCC2)C1=O. The number of nitrogens with zero attached hydrogens (tertiary/aromatic N) is 1. The summed E-state index contributed by atoms with van der Waals surface area (Å²) in [5.41, 5.74) is -2.78. The van der Waals surface area contributed by atoms with Gasteiger partial charge in [-0.25, -0.2) is 4.79 Å². The lowest BCUT2D eigenvalue weighted by Crippen LogP contribution is -2.56. The van der Waals surface area contributed by atoms with E-state index in [4.69, 9.17) is 0 Å². The molecule has 0 spiro atoms. The fourth-order valence-corrected chi connectivity index (χ4v) is 2.52. The molecule has 1 atom stereocenters. The quantitative estimate of drug-likeness (QED) is 0.738. The topological polar surface area (TPSA) is 49.4 Å². The monoisotopic (exact) mass is 264 g/mol. The molecule has 1 aliphatic heterocycles. The smallest absolute Gasteiger partial charge is 0.316 e. The molecule has 1 N–H and O–H groups in total. The molecule has 3 amide bonds. The Morgan fingerprint density at radius 2 is 1.78 bits per heavy atom. The molecule has 7 heteroatoms. The molecule has 1 saturated carbocycles. The van der Waals surface area contributed by atoms with Crippen molar-refractivity contribution in [3.8, 4) is 0 Å². The summed E-state index contributed by atoms with van der Waals surface area (Å²) in [6.07, 6.45) is -0.922. The van der Waals surface area contributed by atoms with Crippen molar-refractivity contribution in [2.24, 2.45) is 0 Å². The summed E-state index contributed by atoms with van der Waals surface area (Å²) in [5.74, 6) is -1.17. The van der Waals surface area contributed by atoms with Crippen molar-refractivity contribution in [2.45, 2.75) is 56.8 Å². The molecule has 1 unspecified atom stereocenters. The van der Waals surface area contributed by atoms with Crippen LogP contribution < -0.4 is 5.32 Å². The third-order valence-corrected chi connectivity index (χ3v) is 3.73. The number of urea groups is 1. The van der Waals surface area contributed by atoms with Gasteiger partial charge in [-0.05, 0) is 19.8 Å². The van der Waals surface area contributed by atoms with Crippen LogP contribution in [0.4, 0.5) is 18.0 Å². The van der Waals surface area contributed by atoms with Crippen LogP contribution in [0.5, 0.6) is 0 Å². The Morgan fingerprint density at radius 1 is 1.22 bits per heavy atom. The van der Waals surface area contributed by atoms with E-state index in [1.807, 2.05) is 0 Å². The molecule has 18 heavy (non-hydrogen) atoms. The van der Waals surface area contributed by atoms with Crippen LogP contribution >= 0.6 is 0 Å². The zero-order valence-corrected chi connectivity index (χ0v) is 10.0. The maximum Gasteiger partial charge on any atom is 0.420 e. The molecule has 102 valence electrons. The van der Waals surface area contributed by atoms with E-state index in [9.17, 15) is 22.8 Å². The Morgan fingerprint density at radius 3 is 2.22 bits per heavy atom. The second kappa shape index (κ2) is 4.13. The molecule has 0 radical (unpaired) electrons. The number of halogens is 3. The van der Waals surface area contributed by atoms with Crippen molar-refractivity contribution < 1.29 is 22.8 Å². The van der Waals surface area contributed by atoms with Gasteiger partial charge < -0.3 is 5.32 Å². The Kier molecular flexibility index (Phi) is 3.03. The number of carbonyl (C=O) groups excluding carboxylic acids is 2. The van der Waals surface area contributed by atoms with Gasteiger partial charge in [0.2, 0.25) is 5.54 Å². The molecular formula is C11H15F3N2O2. The van der Waals surface area contributed by atoms with Crippen molar-refractivity contribution >= 4 is 11.9 Å². The molecule has 2 fully saturated rings. The van der Waals surface area contributed by atoms with Gasteiger partial charge in [0.1, 0.15) is 0 Å². The summed E-state index contributed by atoms with van der Waals surface area (Å²) in [5, 5.41) is 1.78. The average molecular weight is 264 g/mol. The number of imide groups is 1. The minimum absolute atomic E-state index is 0.393. The summed E-state index contributed by atoms with van der Waals surface area (Å²) in [6, 6.07) is -1.32. The molecule has 4 nitrogen and oxygen atoms in total. The maximum atomic E-state index is 12.8. The summed E-state index contributed by atoms with van der Waals surface area (Å²) >= 11 is 0. The molecular weight excluding hydrogens is 249 g/mol. The first-order valence-electron chi connectivity index (χ1n) is 6.00. The number of nitrogens with one attached hydrogen (secondary N) is 1. The Hall–Kier alpha value is -1.27. The van der Waals surface area contributed by atoms with Gasteiger partial charge in [0.25, 0.3) is 5.91 Å². The summed E-state index contributed by atoms with van der Waals surface area (Å²) in [4.78, 5) is 24.3. The lowest BCUT2D eigenvalue weighted by Gasteiger charge is -2.30. The lowest BCUT2D eigenvalue weighted by atomic mass is 9.93. The van der Waals surface area contributed by atoms with Crippen LogP contribution in [0.3, 0.4) is 0 Å². The lowest BCUT2D eigenvalue weighted by molar-refractivity contribution is -0.191. The van der Waals surface area contributed by atoms with Gasteiger partial charge in [-0.15, -0.1) is 0 Å². The highest BCUT2D eigenvalue weighted by molar-refractivity contribution is 6.07. The Balaban J connectivity index is 2.24. The molecule has 1 aliphatic carbocycles. The zero-order valence-electron chi connectivity index (χ0n) is 10.0. The van der Waals surface area contributed by atoms with Crippen molar-refractivity contribution in [1.82, 2.24) is 10.2 Å². The van der Waals surface area contributed by atoms with Crippen LogP contribution in [0.25, 0.3) is 0 Å². The first-order chi connectivity index (χ1) is 8.27. The van der Waals surface area contributed by atoms with Crippen LogP contribution in [0, 0.1) is 0 Å². The predicted molar refractivity (Wildman–Crippen MR) is 56.7 cm³/mol. The number of rotatable bonds is 1. The van der Waals surface area contributed by atoms with Gasteiger partial charge in [-0.2, -0.15) is 13.2 Å². The fourth-order valence-electron chi connectivity index (χ4n) is 2.52. The minimum atomic E-state index is -4.77. The first-order valence-corrected chi connectivity index (χ1v) is 6.00. The van der Waals surface area contributed by atoms with E-state index in [1.165, 1.54) is 0 Å². The fraction of sp³-hybridized carbons (Fsp3) is 0.818. The first kappa shape index (κ1) is 13.2. The largest absolute Gasteiger partial charge is 0.420 e. The molecule has 0 aromatic carbocycles. The molecule has 1 saturated heterocycles. The molecule has 0 aromatic heterocycles. The van der Waals surface area contributed by atoms with Crippen molar-refractivity contribution in [3.63, 3.8) is 0 Å². The highest BCUT2D eigenvalue weighted by Crippen LogP contribution is 2.37. The van der Waals surface area contributed by atoms with Crippen molar-refractivity contribution in [1.29, 1.82) is 0 Å². The van der Waals surface area contributed by atoms with Crippen LogP contribution in [-0.2, 0) is 4.79 Å². The van der Waals surface area contributed by atoms with Crippen LogP contribution in [0.1, 0.15) is 39.0 Å².